The van der Waals surface area contributed by atoms with E-state index < -0.39 is 10.8 Å². The number of nitro benzene ring substituents is 1. The van der Waals surface area contributed by atoms with E-state index in [1.54, 1.807) is 30.3 Å². The highest BCUT2D eigenvalue weighted by Crippen LogP contribution is 2.26. The lowest BCUT2D eigenvalue weighted by atomic mass is 10.1. The van der Waals surface area contributed by atoms with Crippen LogP contribution in [0.25, 0.3) is 17.3 Å². The molecule has 0 unspecified atom stereocenters. The number of nitrogens with one attached hydrogen (secondary N) is 2. The van der Waals surface area contributed by atoms with Crippen LogP contribution in [0.4, 0.5) is 11.4 Å². The summed E-state index contributed by atoms with van der Waals surface area (Å²) in [6, 6.07) is 14.5. The minimum atomic E-state index is -0.764. The Kier molecular flexibility index (Phi) is 5.48. The van der Waals surface area contributed by atoms with Crippen LogP contribution in [-0.2, 0) is 4.79 Å². The number of nitriles is 1. The summed E-state index contributed by atoms with van der Waals surface area (Å²) < 4.78 is 0. The molecule has 0 atom stereocenters. The molecule has 3 rings (SSSR count). The van der Waals surface area contributed by atoms with Crippen molar-refractivity contribution in [1.29, 1.82) is 5.26 Å². The van der Waals surface area contributed by atoms with E-state index in [2.05, 4.69) is 15.5 Å². The van der Waals surface area contributed by atoms with Gasteiger partial charge in [0.2, 0.25) is 0 Å². The molecule has 3 aromatic rings. The molecule has 1 heterocycles. The van der Waals surface area contributed by atoms with Crippen LogP contribution < -0.4 is 5.32 Å². The topological polar surface area (TPSA) is 125 Å². The summed E-state index contributed by atoms with van der Waals surface area (Å²) >= 11 is 5.89. The van der Waals surface area contributed by atoms with Crippen molar-refractivity contribution >= 4 is 35.0 Å². The molecular weight excluding hydrogens is 382 g/mol. The van der Waals surface area contributed by atoms with Gasteiger partial charge in [-0.3, -0.25) is 20.0 Å². The van der Waals surface area contributed by atoms with Gasteiger partial charge in [-0.2, -0.15) is 10.4 Å². The quantitative estimate of drug-likeness (QED) is 0.291. The van der Waals surface area contributed by atoms with Crippen molar-refractivity contribution in [2.45, 2.75) is 0 Å². The van der Waals surface area contributed by atoms with Crippen molar-refractivity contribution < 1.29 is 9.72 Å². The van der Waals surface area contributed by atoms with Gasteiger partial charge in [0.05, 0.1) is 16.8 Å². The zero-order valence-corrected chi connectivity index (χ0v) is 15.0. The van der Waals surface area contributed by atoms with Crippen LogP contribution in [-0.4, -0.2) is 21.0 Å². The van der Waals surface area contributed by atoms with E-state index in [0.717, 1.165) is 5.56 Å². The number of hydrogen-bond donors (Lipinski definition) is 2. The number of nitrogens with zero attached hydrogens (tertiary/aromatic N) is 3. The fourth-order valence-electron chi connectivity index (χ4n) is 2.48. The van der Waals surface area contributed by atoms with E-state index in [-0.39, 0.29) is 16.9 Å². The highest BCUT2D eigenvalue weighted by molar-refractivity contribution is 6.30. The summed E-state index contributed by atoms with van der Waals surface area (Å²) in [4.78, 5) is 22.9. The minimum Gasteiger partial charge on any atom is -0.316 e. The van der Waals surface area contributed by atoms with Gasteiger partial charge in [-0.15, -0.1) is 0 Å². The third-order valence-corrected chi connectivity index (χ3v) is 4.07. The Morgan fingerprint density at radius 3 is 2.64 bits per heavy atom. The average molecular weight is 394 g/mol. The first-order valence-electron chi connectivity index (χ1n) is 7.95. The second-order valence-electron chi connectivity index (χ2n) is 5.61. The van der Waals surface area contributed by atoms with Crippen molar-refractivity contribution in [2.24, 2.45) is 0 Å². The van der Waals surface area contributed by atoms with E-state index in [4.69, 9.17) is 11.6 Å². The number of halogens is 1. The third-order valence-electron chi connectivity index (χ3n) is 3.82. The molecule has 0 saturated carbocycles. The Bertz CT molecular complexity index is 1110. The maximum Gasteiger partial charge on any atom is 0.292 e. The van der Waals surface area contributed by atoms with E-state index in [9.17, 15) is 20.2 Å². The fourth-order valence-corrected chi connectivity index (χ4v) is 2.61. The summed E-state index contributed by atoms with van der Waals surface area (Å²) in [5, 5.41) is 30.2. The molecule has 0 aliphatic rings. The van der Waals surface area contributed by atoms with Gasteiger partial charge in [-0.05, 0) is 24.3 Å². The predicted octanol–water partition coefficient (Wildman–Crippen LogP) is 4.18. The lowest BCUT2D eigenvalue weighted by Gasteiger charge is -2.05. The zero-order chi connectivity index (χ0) is 20.1. The molecule has 9 heteroatoms. The minimum absolute atomic E-state index is 0.00349. The standard InChI is InChI=1S/C19H12ClN5O3/c20-15-7-5-12(6-8-15)18-14(11-22-24-18)9-13(10-21)19(26)23-16-3-1-2-4-17(16)25(27)28/h1-9,11H,(H,22,24)(H,23,26)/b13-9+. The Balaban J connectivity index is 1.91. The SMILES string of the molecule is N#C/C(=C\c1cn[nH]c1-c1ccc(Cl)cc1)C(=O)Nc1ccccc1[N+](=O)[O-]. The van der Waals surface area contributed by atoms with Crippen molar-refractivity contribution in [2.75, 3.05) is 5.32 Å². The van der Waals surface area contributed by atoms with Crippen LogP contribution in [0.5, 0.6) is 0 Å². The normalized spacial score (nSPS) is 10.9. The molecule has 0 spiro atoms. The van der Waals surface area contributed by atoms with E-state index in [1.807, 2.05) is 6.07 Å². The Morgan fingerprint density at radius 1 is 1.25 bits per heavy atom. The molecule has 0 aliphatic heterocycles. The molecular formula is C19H12ClN5O3. The molecule has 138 valence electrons. The molecule has 0 saturated heterocycles. The van der Waals surface area contributed by atoms with Gasteiger partial charge in [-0.25, -0.2) is 0 Å². The first-order chi connectivity index (χ1) is 13.5. The second kappa shape index (κ2) is 8.16. The van der Waals surface area contributed by atoms with Gasteiger partial charge >= 0.3 is 0 Å². The lowest BCUT2D eigenvalue weighted by molar-refractivity contribution is -0.383. The number of anilines is 1. The Labute approximate surface area is 164 Å². The molecule has 0 fully saturated rings. The smallest absolute Gasteiger partial charge is 0.292 e. The number of amides is 1. The third kappa shape index (κ3) is 4.06. The van der Waals surface area contributed by atoms with Crippen LogP contribution >= 0.6 is 11.6 Å². The van der Waals surface area contributed by atoms with Crippen LogP contribution in [0.1, 0.15) is 5.56 Å². The highest BCUT2D eigenvalue weighted by Gasteiger charge is 2.18. The summed E-state index contributed by atoms with van der Waals surface area (Å²) in [5.74, 6) is -0.764. The van der Waals surface area contributed by atoms with Crippen LogP contribution in [0, 0.1) is 21.4 Å². The van der Waals surface area contributed by atoms with Gasteiger partial charge in [0.15, 0.2) is 0 Å². The monoisotopic (exact) mass is 393 g/mol. The first-order valence-corrected chi connectivity index (χ1v) is 8.33. The number of rotatable bonds is 5. The maximum atomic E-state index is 12.5. The molecule has 2 N–H and O–H groups in total. The number of carbonyl (C=O) groups is 1. The van der Waals surface area contributed by atoms with E-state index in [1.165, 1.54) is 30.5 Å². The van der Waals surface area contributed by atoms with Crippen molar-refractivity contribution in [3.05, 3.63) is 81.0 Å². The van der Waals surface area contributed by atoms with E-state index in [0.29, 0.717) is 16.3 Å². The summed E-state index contributed by atoms with van der Waals surface area (Å²) in [7, 11) is 0. The van der Waals surface area contributed by atoms with Crippen molar-refractivity contribution in [3.8, 4) is 17.3 Å². The van der Waals surface area contributed by atoms with Crippen LogP contribution in [0.3, 0.4) is 0 Å². The Morgan fingerprint density at radius 2 is 1.96 bits per heavy atom. The number of hydrogen-bond acceptors (Lipinski definition) is 5. The van der Waals surface area contributed by atoms with Gasteiger partial charge in [-0.1, -0.05) is 35.9 Å². The number of aromatic amines is 1. The van der Waals surface area contributed by atoms with Crippen molar-refractivity contribution in [3.63, 3.8) is 0 Å². The van der Waals surface area contributed by atoms with Gasteiger partial charge in [0.1, 0.15) is 17.3 Å². The number of aromatic nitrogens is 2. The number of carbonyl (C=O) groups excluding carboxylic acids is 1. The zero-order valence-electron chi connectivity index (χ0n) is 14.2. The molecule has 8 nitrogen and oxygen atoms in total. The number of nitro groups is 1. The first kappa shape index (κ1) is 18.8. The van der Waals surface area contributed by atoms with Crippen molar-refractivity contribution in [1.82, 2.24) is 10.2 Å². The summed E-state index contributed by atoms with van der Waals surface area (Å²) in [6.07, 6.45) is 2.83. The molecule has 28 heavy (non-hydrogen) atoms. The lowest BCUT2D eigenvalue weighted by Crippen LogP contribution is -2.14. The predicted molar refractivity (Wildman–Crippen MR) is 104 cm³/mol. The molecule has 0 aliphatic carbocycles. The van der Waals surface area contributed by atoms with Crippen LogP contribution in [0.2, 0.25) is 5.02 Å². The number of H-pyrrole nitrogens is 1. The molecule has 0 bridgehead atoms. The summed E-state index contributed by atoms with van der Waals surface area (Å²) in [5.41, 5.74) is 1.39. The second-order valence-corrected chi connectivity index (χ2v) is 6.04. The molecule has 0 radical (unpaired) electrons. The average Bonchev–Trinajstić information content (AvgIpc) is 3.15. The van der Waals surface area contributed by atoms with Gasteiger partial charge in [0, 0.05) is 22.2 Å². The van der Waals surface area contributed by atoms with Gasteiger partial charge < -0.3 is 5.32 Å². The van der Waals surface area contributed by atoms with E-state index >= 15 is 0 Å². The highest BCUT2D eigenvalue weighted by atomic mass is 35.5. The number of para-hydroxylation sites is 2. The molecule has 1 amide bonds. The van der Waals surface area contributed by atoms with Gasteiger partial charge in [0.25, 0.3) is 11.6 Å². The molecule has 2 aromatic carbocycles. The summed E-state index contributed by atoms with van der Waals surface area (Å²) in [6.45, 7) is 0. The fraction of sp³-hybridized carbons (Fsp3) is 0. The number of benzene rings is 2. The molecule has 1 aromatic heterocycles. The van der Waals surface area contributed by atoms with Crippen LogP contribution in [0.15, 0.2) is 60.3 Å². The Hall–Kier alpha value is -3.96. The maximum absolute atomic E-state index is 12.5. The largest absolute Gasteiger partial charge is 0.316 e.